The summed E-state index contributed by atoms with van der Waals surface area (Å²) in [7, 11) is -0.782. The molecule has 0 bridgehead atoms. The van der Waals surface area contributed by atoms with Crippen LogP contribution in [0.2, 0.25) is 3.49 Å². The van der Waals surface area contributed by atoms with E-state index in [2.05, 4.69) is 87.4 Å². The van der Waals surface area contributed by atoms with Crippen molar-refractivity contribution in [1.82, 2.24) is 0 Å². The minimum absolute atomic E-state index is 0.391. The van der Waals surface area contributed by atoms with E-state index >= 15 is 0 Å². The van der Waals surface area contributed by atoms with E-state index in [0.717, 1.165) is 3.49 Å². The van der Waals surface area contributed by atoms with E-state index in [-0.39, 0.29) is 0 Å². The molecule has 0 amide bonds. The van der Waals surface area contributed by atoms with E-state index in [0.29, 0.717) is 0 Å². The molecule has 0 aliphatic heterocycles. The summed E-state index contributed by atoms with van der Waals surface area (Å²) >= 11 is 10.6. The zero-order chi connectivity index (χ0) is 6.73. The summed E-state index contributed by atoms with van der Waals surface area (Å²) in [6, 6.07) is 0. The van der Waals surface area contributed by atoms with Crippen molar-refractivity contribution in [2.24, 2.45) is 0 Å². The first-order chi connectivity index (χ1) is 3.55. The quantitative estimate of drug-likeness (QED) is 0.308. The van der Waals surface area contributed by atoms with Crippen molar-refractivity contribution >= 4 is 96.4 Å². The molecule has 0 N–H and O–H groups in total. The van der Waals surface area contributed by atoms with Gasteiger partial charge in [-0.25, -0.2) is 0 Å². The van der Waals surface area contributed by atoms with E-state index < -0.39 is 15.9 Å². The van der Waals surface area contributed by atoms with E-state index in [1.165, 1.54) is 0 Å². The van der Waals surface area contributed by atoms with Gasteiger partial charge in [0.05, 0.1) is 0 Å². The minimum atomic E-state index is -0.391. The van der Waals surface area contributed by atoms with Crippen molar-refractivity contribution in [3.8, 4) is 0 Å². The Morgan fingerprint density at radius 2 is 1.25 bits per heavy atom. The Kier molecular flexibility index (Phi) is 9.84. The summed E-state index contributed by atoms with van der Waals surface area (Å²) in [6.07, 6.45) is 0. The topological polar surface area (TPSA) is 0 Å². The Balaban J connectivity index is 3.46. The monoisotopic (exact) mass is 685 g/mol. The standard InChI is InChI=1S/C2H4As2I4/c1-2(3(5)6)4(7)8/h2H,1H3. The van der Waals surface area contributed by atoms with E-state index in [4.69, 9.17) is 0 Å². The molecule has 0 saturated carbocycles. The van der Waals surface area contributed by atoms with Gasteiger partial charge < -0.3 is 0 Å². The predicted octanol–water partition coefficient (Wildman–Crippen LogP) is 3.63. The van der Waals surface area contributed by atoms with Gasteiger partial charge >= 0.3 is 107 Å². The second kappa shape index (κ2) is 6.54. The first kappa shape index (κ1) is 12.0. The number of rotatable bonds is 2. The van der Waals surface area contributed by atoms with Gasteiger partial charge in [0.1, 0.15) is 0 Å². The van der Waals surface area contributed by atoms with Crippen molar-refractivity contribution in [2.75, 3.05) is 0 Å². The molecule has 0 fully saturated rings. The summed E-state index contributed by atoms with van der Waals surface area (Å²) in [4.78, 5) is 0. The molecule has 0 aromatic carbocycles. The molecule has 0 heterocycles. The molecule has 0 spiro atoms. The summed E-state index contributed by atoms with van der Waals surface area (Å²) < 4.78 is 1.11. The Bertz CT molecular complexity index is 57.1. The maximum absolute atomic E-state index is 2.64. The third-order valence-corrected chi connectivity index (χ3v) is 45.2. The van der Waals surface area contributed by atoms with Gasteiger partial charge in [0, 0.05) is 0 Å². The van der Waals surface area contributed by atoms with E-state index in [1.54, 1.807) is 0 Å². The Morgan fingerprint density at radius 3 is 1.25 bits per heavy atom. The van der Waals surface area contributed by atoms with Gasteiger partial charge in [-0.1, -0.05) is 0 Å². The van der Waals surface area contributed by atoms with Crippen molar-refractivity contribution in [3.05, 3.63) is 0 Å². The van der Waals surface area contributed by atoms with Crippen LogP contribution >= 0.6 is 80.5 Å². The van der Waals surface area contributed by atoms with E-state index in [9.17, 15) is 0 Å². The summed E-state index contributed by atoms with van der Waals surface area (Å²) in [5, 5.41) is 0. The van der Waals surface area contributed by atoms with Crippen molar-refractivity contribution < 1.29 is 0 Å². The first-order valence-corrected chi connectivity index (χ1v) is 26.8. The first-order valence-electron chi connectivity index (χ1n) is 1.77. The molecule has 0 radical (unpaired) electrons. The number of hydrogen-bond acceptors (Lipinski definition) is 0. The zero-order valence-electron chi connectivity index (χ0n) is 3.98. The van der Waals surface area contributed by atoms with Crippen molar-refractivity contribution in [2.45, 2.75) is 10.4 Å². The molecule has 8 heavy (non-hydrogen) atoms. The molecular formula is C2H4As2I4. The van der Waals surface area contributed by atoms with Crippen molar-refractivity contribution in [3.63, 3.8) is 0 Å². The Morgan fingerprint density at radius 1 is 1.00 bits per heavy atom. The fraction of sp³-hybridized carbons (Fsp3) is 1.00. The SMILES string of the molecule is CC([As](I)I)[As](I)I. The van der Waals surface area contributed by atoms with Crippen LogP contribution in [-0.2, 0) is 0 Å². The van der Waals surface area contributed by atoms with Gasteiger partial charge in [-0.2, -0.15) is 0 Å². The van der Waals surface area contributed by atoms with Crippen LogP contribution in [0.25, 0.3) is 0 Å². The van der Waals surface area contributed by atoms with Gasteiger partial charge in [-0.05, 0) is 0 Å². The summed E-state index contributed by atoms with van der Waals surface area (Å²) in [5.41, 5.74) is 0. The average Bonchev–Trinajstić information content (AvgIpc) is 1.64. The van der Waals surface area contributed by atoms with Crippen LogP contribution in [0.1, 0.15) is 6.92 Å². The van der Waals surface area contributed by atoms with E-state index in [1.807, 2.05) is 0 Å². The molecule has 0 rings (SSSR count). The molecule has 0 aliphatic rings. The molecule has 0 unspecified atom stereocenters. The predicted molar refractivity (Wildman–Crippen MR) is 77.0 cm³/mol. The van der Waals surface area contributed by atoms with Crippen LogP contribution in [-0.4, -0.2) is 15.9 Å². The molecule has 0 aromatic rings. The van der Waals surface area contributed by atoms with Crippen LogP contribution in [0.4, 0.5) is 0 Å². The average molecular weight is 686 g/mol. The normalized spacial score (nSPS) is 12.0. The molecule has 0 nitrogen and oxygen atoms in total. The van der Waals surface area contributed by atoms with Gasteiger partial charge in [0.15, 0.2) is 0 Å². The third-order valence-electron chi connectivity index (χ3n) is 0.565. The molecule has 0 aromatic heterocycles. The Hall–Kier alpha value is 4.04. The summed E-state index contributed by atoms with van der Waals surface area (Å²) in [5.74, 6) is 0. The Labute approximate surface area is 104 Å². The van der Waals surface area contributed by atoms with Crippen LogP contribution < -0.4 is 0 Å². The molecule has 0 atom stereocenters. The fourth-order valence-corrected chi connectivity index (χ4v) is 80.2. The van der Waals surface area contributed by atoms with Gasteiger partial charge in [0.25, 0.3) is 0 Å². The second-order valence-electron chi connectivity index (χ2n) is 1.15. The van der Waals surface area contributed by atoms with Crippen molar-refractivity contribution in [1.29, 1.82) is 0 Å². The van der Waals surface area contributed by atoms with Crippen LogP contribution in [0.5, 0.6) is 0 Å². The number of halogens is 4. The van der Waals surface area contributed by atoms with Crippen LogP contribution in [0, 0.1) is 0 Å². The van der Waals surface area contributed by atoms with Gasteiger partial charge in [0.2, 0.25) is 0 Å². The van der Waals surface area contributed by atoms with Crippen LogP contribution in [0.3, 0.4) is 0 Å². The summed E-state index contributed by atoms with van der Waals surface area (Å²) in [6.45, 7) is 2.41. The molecule has 0 saturated heterocycles. The fourth-order valence-electron chi connectivity index (χ4n) is 0.0660. The third kappa shape index (κ3) is 5.66. The van der Waals surface area contributed by atoms with Crippen LogP contribution in [0.15, 0.2) is 0 Å². The van der Waals surface area contributed by atoms with Gasteiger partial charge in [-0.3, -0.25) is 0 Å². The molecule has 50 valence electrons. The second-order valence-corrected chi connectivity index (χ2v) is 49.3. The molecule has 6 heteroatoms. The molecular weight excluding hydrogens is 681 g/mol. The zero-order valence-corrected chi connectivity index (χ0v) is 16.4. The van der Waals surface area contributed by atoms with Gasteiger partial charge in [-0.15, -0.1) is 0 Å². The maximum atomic E-state index is 2.64. The number of hydrogen-bond donors (Lipinski definition) is 0. The molecule has 0 aliphatic carbocycles.